The first kappa shape index (κ1) is 25.1. The fourth-order valence-corrected chi connectivity index (χ4v) is 3.91. The summed E-state index contributed by atoms with van der Waals surface area (Å²) < 4.78 is 5.05. The van der Waals surface area contributed by atoms with Crippen LogP contribution in [0.3, 0.4) is 0 Å². The van der Waals surface area contributed by atoms with Crippen LogP contribution in [-0.4, -0.2) is 56.3 Å². The lowest BCUT2D eigenvalue weighted by atomic mass is 10.0. The van der Waals surface area contributed by atoms with Crippen molar-refractivity contribution < 1.29 is 9.53 Å². The van der Waals surface area contributed by atoms with E-state index in [9.17, 15) is 4.79 Å². The molecule has 1 amide bonds. The molecule has 158 valence electrons. The van der Waals surface area contributed by atoms with E-state index in [4.69, 9.17) is 27.9 Å². The molecule has 0 aromatic heterocycles. The summed E-state index contributed by atoms with van der Waals surface area (Å²) in [7, 11) is 1.75. The van der Waals surface area contributed by atoms with E-state index in [1.807, 2.05) is 25.1 Å². The molecule has 1 aromatic carbocycles. The fraction of sp³-hybridized carbons (Fsp3) is 0.579. The van der Waals surface area contributed by atoms with Gasteiger partial charge in [-0.3, -0.25) is 4.99 Å². The van der Waals surface area contributed by atoms with Crippen molar-refractivity contribution in [3.63, 3.8) is 0 Å². The molecule has 2 rings (SSSR count). The molecule has 28 heavy (non-hydrogen) atoms. The summed E-state index contributed by atoms with van der Waals surface area (Å²) in [6.45, 7) is 6.31. The van der Waals surface area contributed by atoms with Crippen molar-refractivity contribution >= 4 is 59.2 Å². The SMILES string of the molecule is CCOC(=O)N1CCC(NC(=NC)NCC(C)c2c(Cl)cccc2Cl)CC1.I. The van der Waals surface area contributed by atoms with Crippen LogP contribution < -0.4 is 10.6 Å². The zero-order valence-electron chi connectivity index (χ0n) is 16.5. The van der Waals surface area contributed by atoms with Gasteiger partial charge in [0.25, 0.3) is 0 Å². The van der Waals surface area contributed by atoms with Crippen LogP contribution in [0.4, 0.5) is 4.79 Å². The molecule has 2 N–H and O–H groups in total. The summed E-state index contributed by atoms with van der Waals surface area (Å²) in [5, 5.41) is 8.11. The van der Waals surface area contributed by atoms with Gasteiger partial charge in [0.1, 0.15) is 0 Å². The molecule has 0 aliphatic carbocycles. The molecule has 1 heterocycles. The van der Waals surface area contributed by atoms with Crippen LogP contribution in [0.15, 0.2) is 23.2 Å². The Bertz CT molecular complexity index is 647. The number of nitrogens with zero attached hydrogens (tertiary/aromatic N) is 2. The van der Waals surface area contributed by atoms with Crippen LogP contribution in [0.5, 0.6) is 0 Å². The van der Waals surface area contributed by atoms with Gasteiger partial charge in [-0.05, 0) is 37.5 Å². The van der Waals surface area contributed by atoms with Crippen LogP contribution in [0.2, 0.25) is 10.0 Å². The average Bonchev–Trinajstić information content (AvgIpc) is 2.65. The molecule has 1 saturated heterocycles. The lowest BCUT2D eigenvalue weighted by Gasteiger charge is -2.32. The first-order valence-corrected chi connectivity index (χ1v) is 10.0. The highest BCUT2D eigenvalue weighted by Gasteiger charge is 2.24. The van der Waals surface area contributed by atoms with Crippen LogP contribution >= 0.6 is 47.2 Å². The lowest BCUT2D eigenvalue weighted by Crippen LogP contribution is -2.50. The number of carbonyl (C=O) groups is 1. The maximum Gasteiger partial charge on any atom is 0.409 e. The number of piperidine rings is 1. The van der Waals surface area contributed by atoms with Gasteiger partial charge in [0, 0.05) is 48.7 Å². The molecule has 1 aromatic rings. The minimum Gasteiger partial charge on any atom is -0.450 e. The van der Waals surface area contributed by atoms with Gasteiger partial charge >= 0.3 is 6.09 Å². The van der Waals surface area contributed by atoms with Gasteiger partial charge in [-0.1, -0.05) is 36.2 Å². The molecular weight excluding hydrogens is 514 g/mol. The largest absolute Gasteiger partial charge is 0.450 e. The first-order valence-electron chi connectivity index (χ1n) is 9.29. The van der Waals surface area contributed by atoms with E-state index in [1.165, 1.54) is 0 Å². The third kappa shape index (κ3) is 7.15. The third-order valence-corrected chi connectivity index (χ3v) is 5.31. The molecule has 1 fully saturated rings. The molecule has 1 aliphatic rings. The molecular formula is C19H29Cl2IN4O2. The first-order chi connectivity index (χ1) is 13.0. The smallest absolute Gasteiger partial charge is 0.409 e. The number of guanidine groups is 1. The Hall–Kier alpha value is -0.930. The fourth-order valence-electron chi connectivity index (χ4n) is 3.14. The Balaban J connectivity index is 0.00000392. The van der Waals surface area contributed by atoms with E-state index in [0.717, 1.165) is 24.4 Å². The number of likely N-dealkylation sites (tertiary alicyclic amines) is 1. The van der Waals surface area contributed by atoms with Crippen molar-refractivity contribution in [1.29, 1.82) is 0 Å². The van der Waals surface area contributed by atoms with Gasteiger partial charge in [0.05, 0.1) is 6.61 Å². The minimum absolute atomic E-state index is 0. The molecule has 1 atom stereocenters. The van der Waals surface area contributed by atoms with Crippen LogP contribution in [0.25, 0.3) is 0 Å². The summed E-state index contributed by atoms with van der Waals surface area (Å²) in [5.41, 5.74) is 0.937. The predicted octanol–water partition coefficient (Wildman–Crippen LogP) is 4.50. The molecule has 0 saturated carbocycles. The van der Waals surface area contributed by atoms with Crippen molar-refractivity contribution in [3.05, 3.63) is 33.8 Å². The number of halogens is 3. The second kappa shape index (κ2) is 12.6. The summed E-state index contributed by atoms with van der Waals surface area (Å²) in [6.07, 6.45) is 1.47. The number of hydrogen-bond donors (Lipinski definition) is 2. The Morgan fingerprint density at radius 2 is 1.93 bits per heavy atom. The normalized spacial score (nSPS) is 16.2. The van der Waals surface area contributed by atoms with E-state index < -0.39 is 0 Å². The summed E-state index contributed by atoms with van der Waals surface area (Å²) in [6, 6.07) is 5.81. The number of rotatable bonds is 5. The lowest BCUT2D eigenvalue weighted by molar-refractivity contribution is 0.0963. The Morgan fingerprint density at radius 1 is 1.32 bits per heavy atom. The number of aliphatic imine (C=N–C) groups is 1. The second-order valence-electron chi connectivity index (χ2n) is 6.59. The molecule has 1 aliphatic heterocycles. The van der Waals surface area contributed by atoms with Crippen LogP contribution in [0.1, 0.15) is 38.2 Å². The van der Waals surface area contributed by atoms with E-state index in [2.05, 4.69) is 22.5 Å². The van der Waals surface area contributed by atoms with Gasteiger partial charge in [0.2, 0.25) is 0 Å². The van der Waals surface area contributed by atoms with Gasteiger partial charge in [-0.2, -0.15) is 0 Å². The summed E-state index contributed by atoms with van der Waals surface area (Å²) in [4.78, 5) is 17.8. The van der Waals surface area contributed by atoms with Gasteiger partial charge < -0.3 is 20.3 Å². The highest BCUT2D eigenvalue weighted by molar-refractivity contribution is 14.0. The topological polar surface area (TPSA) is 66.0 Å². The van der Waals surface area contributed by atoms with Crippen molar-refractivity contribution in [2.45, 2.75) is 38.6 Å². The average molecular weight is 543 g/mol. The van der Waals surface area contributed by atoms with Gasteiger partial charge in [-0.15, -0.1) is 24.0 Å². The maximum atomic E-state index is 11.8. The van der Waals surface area contributed by atoms with E-state index in [-0.39, 0.29) is 42.0 Å². The van der Waals surface area contributed by atoms with Crippen molar-refractivity contribution in [2.24, 2.45) is 4.99 Å². The number of benzene rings is 1. The van der Waals surface area contributed by atoms with Gasteiger partial charge in [0.15, 0.2) is 5.96 Å². The molecule has 9 heteroatoms. The zero-order valence-corrected chi connectivity index (χ0v) is 20.3. The number of nitrogens with one attached hydrogen (secondary N) is 2. The summed E-state index contributed by atoms with van der Waals surface area (Å²) in [5.74, 6) is 0.870. The molecule has 0 spiro atoms. The van der Waals surface area contributed by atoms with Gasteiger partial charge in [-0.25, -0.2) is 4.79 Å². The Morgan fingerprint density at radius 3 is 2.46 bits per heavy atom. The van der Waals surface area contributed by atoms with E-state index in [0.29, 0.717) is 36.3 Å². The predicted molar refractivity (Wildman–Crippen MR) is 126 cm³/mol. The quantitative estimate of drug-likeness (QED) is 0.326. The highest BCUT2D eigenvalue weighted by atomic mass is 127. The summed E-state index contributed by atoms with van der Waals surface area (Å²) >= 11 is 12.6. The van der Waals surface area contributed by atoms with Crippen LogP contribution in [0, 0.1) is 0 Å². The van der Waals surface area contributed by atoms with Crippen molar-refractivity contribution in [2.75, 3.05) is 33.3 Å². The highest BCUT2D eigenvalue weighted by Crippen LogP contribution is 2.30. The maximum absolute atomic E-state index is 11.8. The molecule has 0 radical (unpaired) electrons. The number of ether oxygens (including phenoxy) is 1. The van der Waals surface area contributed by atoms with Crippen LogP contribution in [-0.2, 0) is 4.74 Å². The van der Waals surface area contributed by atoms with E-state index in [1.54, 1.807) is 11.9 Å². The number of hydrogen-bond acceptors (Lipinski definition) is 3. The minimum atomic E-state index is -0.232. The van der Waals surface area contributed by atoms with E-state index >= 15 is 0 Å². The number of amides is 1. The third-order valence-electron chi connectivity index (χ3n) is 4.65. The molecule has 6 nitrogen and oxygen atoms in total. The monoisotopic (exact) mass is 542 g/mol. The van der Waals surface area contributed by atoms with Crippen molar-refractivity contribution in [1.82, 2.24) is 15.5 Å². The Kier molecular flexibility index (Phi) is 11.3. The van der Waals surface area contributed by atoms with Crippen molar-refractivity contribution in [3.8, 4) is 0 Å². The Labute approximate surface area is 194 Å². The molecule has 0 bridgehead atoms. The number of carbonyl (C=O) groups excluding carboxylic acids is 1. The second-order valence-corrected chi connectivity index (χ2v) is 7.41. The standard InChI is InChI=1S/C19H28Cl2N4O2.HI/c1-4-27-19(26)25-10-8-14(9-11-25)24-18(22-3)23-12-13(2)17-15(20)6-5-7-16(17)21;/h5-7,13-14H,4,8-12H2,1-3H3,(H2,22,23,24);1H. The molecule has 1 unspecified atom stereocenters. The zero-order chi connectivity index (χ0) is 19.8.